The van der Waals surface area contributed by atoms with Crippen LogP contribution in [0.1, 0.15) is 10.4 Å². The predicted octanol–water partition coefficient (Wildman–Crippen LogP) is 3.55. The summed E-state index contributed by atoms with van der Waals surface area (Å²) in [5.41, 5.74) is 1.50. The third-order valence-electron chi connectivity index (χ3n) is 5.26. The van der Waals surface area contributed by atoms with Gasteiger partial charge in [0.15, 0.2) is 0 Å². The molecule has 0 heterocycles. The average molecular weight is 410 g/mol. The van der Waals surface area contributed by atoms with Crippen LogP contribution in [0.25, 0.3) is 0 Å². The number of anilines is 1. The van der Waals surface area contributed by atoms with Crippen LogP contribution >= 0.6 is 0 Å². The third kappa shape index (κ3) is 3.77. The van der Waals surface area contributed by atoms with Crippen LogP contribution in [0.4, 0.5) is 5.69 Å². The largest absolute Gasteiger partial charge is 0.465 e. The number of esters is 1. The fourth-order valence-electron chi connectivity index (χ4n) is 3.80. The van der Waals surface area contributed by atoms with Crippen molar-refractivity contribution in [2.75, 3.05) is 12.1 Å². The van der Waals surface area contributed by atoms with Crippen LogP contribution in [0.2, 0.25) is 0 Å². The minimum absolute atomic E-state index is 0.334. The van der Waals surface area contributed by atoms with Gasteiger partial charge in [-0.25, -0.2) is 4.79 Å². The van der Waals surface area contributed by atoms with E-state index in [0.717, 1.165) is 5.69 Å². The summed E-state index contributed by atoms with van der Waals surface area (Å²) >= 11 is 0. The van der Waals surface area contributed by atoms with Crippen molar-refractivity contribution < 1.29 is 9.53 Å². The number of hydrogen-bond donors (Lipinski definition) is 1. The molecule has 30 heavy (non-hydrogen) atoms. The van der Waals surface area contributed by atoms with Gasteiger partial charge in [0.2, 0.25) is 0 Å². The molecule has 0 amide bonds. The Labute approximate surface area is 178 Å². The predicted molar refractivity (Wildman–Crippen MR) is 125 cm³/mol. The number of nitrogens with one attached hydrogen (secondary N) is 1. The molecule has 3 nitrogen and oxygen atoms in total. The first-order valence-corrected chi connectivity index (χ1v) is 11.9. The second kappa shape index (κ2) is 8.80. The quantitative estimate of drug-likeness (QED) is 0.301. The van der Waals surface area contributed by atoms with Crippen LogP contribution < -0.4 is 20.5 Å². The lowest BCUT2D eigenvalue weighted by atomic mass is 10.2. The van der Waals surface area contributed by atoms with Gasteiger partial charge >= 0.3 is 5.97 Å². The molecule has 0 aliphatic carbocycles. The molecule has 0 spiro atoms. The van der Waals surface area contributed by atoms with Gasteiger partial charge < -0.3 is 9.72 Å². The van der Waals surface area contributed by atoms with Crippen LogP contribution in [0.3, 0.4) is 0 Å². The molecule has 148 valence electrons. The Morgan fingerprint density at radius 3 is 1.40 bits per heavy atom. The van der Waals surface area contributed by atoms with Gasteiger partial charge in [0.05, 0.1) is 12.7 Å². The van der Waals surface area contributed by atoms with Crippen molar-refractivity contribution in [3.8, 4) is 0 Å². The molecule has 1 N–H and O–H groups in total. The van der Waals surface area contributed by atoms with Crippen molar-refractivity contribution in [2.45, 2.75) is 0 Å². The van der Waals surface area contributed by atoms with E-state index in [4.69, 9.17) is 4.74 Å². The molecule has 4 heteroatoms. The number of carbonyl (C=O) groups is 1. The highest BCUT2D eigenvalue weighted by molar-refractivity contribution is 7.13. The van der Waals surface area contributed by atoms with Gasteiger partial charge in [-0.15, -0.1) is 0 Å². The Kier molecular flexibility index (Phi) is 5.77. The summed E-state index contributed by atoms with van der Waals surface area (Å²) in [6, 6.07) is 39.3. The highest BCUT2D eigenvalue weighted by atomic mass is 28.3. The summed E-state index contributed by atoms with van der Waals surface area (Å²) in [5.74, 6) is -0.334. The fraction of sp³-hybridized carbons (Fsp3) is 0.0385. The molecule has 0 aliphatic rings. The lowest BCUT2D eigenvalue weighted by Gasteiger charge is -2.35. The van der Waals surface area contributed by atoms with Gasteiger partial charge in [0.25, 0.3) is 8.24 Å². The molecule has 4 aromatic carbocycles. The van der Waals surface area contributed by atoms with E-state index >= 15 is 0 Å². The Hall–Kier alpha value is -3.63. The van der Waals surface area contributed by atoms with Gasteiger partial charge in [0.1, 0.15) is 0 Å². The number of rotatable bonds is 6. The lowest BCUT2D eigenvalue weighted by Crippen LogP contribution is -2.72. The topological polar surface area (TPSA) is 38.3 Å². The van der Waals surface area contributed by atoms with E-state index < -0.39 is 8.24 Å². The zero-order valence-electron chi connectivity index (χ0n) is 16.8. The molecule has 0 atom stereocenters. The molecular formula is C26H23NO2Si. The zero-order chi connectivity index (χ0) is 20.8. The van der Waals surface area contributed by atoms with Crippen molar-refractivity contribution in [3.05, 3.63) is 121 Å². The van der Waals surface area contributed by atoms with Crippen molar-refractivity contribution in [1.29, 1.82) is 0 Å². The van der Waals surface area contributed by atoms with E-state index in [-0.39, 0.29) is 5.97 Å². The molecule has 0 unspecified atom stereocenters. The highest BCUT2D eigenvalue weighted by Gasteiger charge is 2.40. The molecule has 0 radical (unpaired) electrons. The molecule has 4 aromatic rings. The summed E-state index contributed by atoms with van der Waals surface area (Å²) in [4.78, 5) is 15.8. The van der Waals surface area contributed by atoms with Crippen molar-refractivity contribution >= 4 is 35.5 Å². The summed E-state index contributed by atoms with van der Waals surface area (Å²) in [7, 11) is -1.19. The number of benzene rings is 4. The number of hydrogen-bond acceptors (Lipinski definition) is 3. The molecule has 4 rings (SSSR count). The Balaban J connectivity index is 1.90. The van der Waals surface area contributed by atoms with Crippen LogP contribution in [-0.2, 0) is 4.74 Å². The fourth-order valence-corrected chi connectivity index (χ4v) is 7.92. The molecule has 0 saturated carbocycles. The lowest BCUT2D eigenvalue weighted by molar-refractivity contribution is 0.0601. The van der Waals surface area contributed by atoms with E-state index in [2.05, 4.69) is 77.8 Å². The smallest absolute Gasteiger partial charge is 0.337 e. The maximum atomic E-state index is 11.8. The monoisotopic (exact) mass is 409 g/mol. The van der Waals surface area contributed by atoms with E-state index in [1.807, 2.05) is 30.3 Å². The van der Waals surface area contributed by atoms with E-state index in [9.17, 15) is 4.79 Å². The first-order valence-electron chi connectivity index (χ1n) is 9.87. The number of carbonyl (C=O) groups excluding carboxylic acids is 1. The minimum atomic E-state index is -2.58. The Morgan fingerprint density at radius 1 is 0.633 bits per heavy atom. The van der Waals surface area contributed by atoms with Crippen molar-refractivity contribution in [3.63, 3.8) is 0 Å². The second-order valence-corrected chi connectivity index (χ2v) is 10.5. The summed E-state index contributed by atoms with van der Waals surface area (Å²) in [6.07, 6.45) is 0. The summed E-state index contributed by atoms with van der Waals surface area (Å²) < 4.78 is 4.83. The van der Waals surface area contributed by atoms with Gasteiger partial charge in [0, 0.05) is 5.69 Å². The van der Waals surface area contributed by atoms with Crippen molar-refractivity contribution in [2.24, 2.45) is 0 Å². The number of ether oxygens (including phenoxy) is 1. The standard InChI is InChI=1S/C26H23NO2Si/c1-29-26(28)21-17-19-22(20-18-21)27-30(23-11-5-2-6-12-23,24-13-7-3-8-14-24)25-15-9-4-10-16-25/h2-20,27H,1H3. The first kappa shape index (κ1) is 19.7. The Morgan fingerprint density at radius 2 is 1.03 bits per heavy atom. The molecule has 0 saturated heterocycles. The van der Waals surface area contributed by atoms with Gasteiger partial charge in [-0.05, 0) is 39.8 Å². The minimum Gasteiger partial charge on any atom is -0.465 e. The summed E-state index contributed by atoms with van der Waals surface area (Å²) in [6.45, 7) is 0. The van der Waals surface area contributed by atoms with Gasteiger partial charge in [-0.3, -0.25) is 0 Å². The molecule has 0 aromatic heterocycles. The normalized spacial score (nSPS) is 11.0. The zero-order valence-corrected chi connectivity index (χ0v) is 17.8. The first-order chi connectivity index (χ1) is 14.7. The SMILES string of the molecule is COC(=O)c1ccc(N[Si](c2ccccc2)(c2ccccc2)c2ccccc2)cc1. The van der Waals surface area contributed by atoms with Crippen LogP contribution in [0.5, 0.6) is 0 Å². The Bertz CT molecular complexity index is 1000. The van der Waals surface area contributed by atoms with Crippen LogP contribution in [0.15, 0.2) is 115 Å². The maximum Gasteiger partial charge on any atom is 0.337 e. The van der Waals surface area contributed by atoms with E-state index in [1.165, 1.54) is 22.7 Å². The van der Waals surface area contributed by atoms with Crippen LogP contribution in [-0.4, -0.2) is 21.3 Å². The number of methoxy groups -OCH3 is 1. The molecule has 0 bridgehead atoms. The summed E-state index contributed by atoms with van der Waals surface area (Å²) in [5, 5.41) is 3.79. The molecule has 0 aliphatic heterocycles. The maximum absolute atomic E-state index is 11.8. The van der Waals surface area contributed by atoms with Crippen molar-refractivity contribution in [1.82, 2.24) is 0 Å². The van der Waals surface area contributed by atoms with E-state index in [1.54, 1.807) is 12.1 Å². The molecular weight excluding hydrogens is 386 g/mol. The average Bonchev–Trinajstić information content (AvgIpc) is 2.84. The van der Waals surface area contributed by atoms with Crippen LogP contribution in [0, 0.1) is 0 Å². The third-order valence-corrected chi connectivity index (χ3v) is 9.52. The van der Waals surface area contributed by atoms with Gasteiger partial charge in [-0.1, -0.05) is 91.0 Å². The second-order valence-electron chi connectivity index (χ2n) is 7.04. The molecule has 0 fully saturated rings. The highest BCUT2D eigenvalue weighted by Crippen LogP contribution is 2.16. The van der Waals surface area contributed by atoms with Gasteiger partial charge in [-0.2, -0.15) is 0 Å². The van der Waals surface area contributed by atoms with E-state index in [0.29, 0.717) is 5.56 Å².